The van der Waals surface area contributed by atoms with Gasteiger partial charge in [0.25, 0.3) is 0 Å². The quantitative estimate of drug-likeness (QED) is 0.276. The molecule has 0 fully saturated rings. The zero-order valence-electron chi connectivity index (χ0n) is 24.0. The summed E-state index contributed by atoms with van der Waals surface area (Å²) in [6.07, 6.45) is -0.928. The Labute approximate surface area is 242 Å². The van der Waals surface area contributed by atoms with E-state index in [1.165, 1.54) is 64.8 Å². The van der Waals surface area contributed by atoms with E-state index in [0.29, 0.717) is 22.6 Å². The van der Waals surface area contributed by atoms with E-state index in [1.807, 2.05) is 0 Å². The summed E-state index contributed by atoms with van der Waals surface area (Å²) in [6.45, 7) is 0. The molecule has 0 amide bonds. The minimum absolute atomic E-state index is 0.256. The predicted molar refractivity (Wildman–Crippen MR) is 147 cm³/mol. The Hall–Kier alpha value is -5.00. The van der Waals surface area contributed by atoms with Crippen LogP contribution in [0.5, 0.6) is 23.0 Å². The van der Waals surface area contributed by atoms with Crippen LogP contribution in [0.15, 0.2) is 59.1 Å². The van der Waals surface area contributed by atoms with E-state index in [-0.39, 0.29) is 11.5 Å². The Balaban J connectivity index is 2.20. The number of aliphatic hydroxyl groups excluding tert-OH is 2. The second-order valence-corrected chi connectivity index (χ2v) is 9.08. The van der Waals surface area contributed by atoms with Crippen molar-refractivity contribution in [2.45, 2.75) is 24.7 Å². The number of rotatable bonds is 12. The lowest BCUT2D eigenvalue weighted by Gasteiger charge is -2.28. The third-order valence-electron chi connectivity index (χ3n) is 6.94. The van der Waals surface area contributed by atoms with Gasteiger partial charge in [0.15, 0.2) is 34.5 Å². The second-order valence-electron chi connectivity index (χ2n) is 9.08. The average molecular weight is 585 g/mol. The van der Waals surface area contributed by atoms with E-state index >= 15 is 0 Å². The highest BCUT2D eigenvalue weighted by atomic mass is 16.5. The van der Waals surface area contributed by atoms with Gasteiger partial charge in [-0.05, 0) is 35.4 Å². The highest BCUT2D eigenvalue weighted by molar-refractivity contribution is 6.24. The summed E-state index contributed by atoms with van der Waals surface area (Å²) in [5.74, 6) is -6.94. The molecular formula is C30H32O12. The fourth-order valence-corrected chi connectivity index (χ4v) is 4.77. The summed E-state index contributed by atoms with van der Waals surface area (Å²) in [5, 5.41) is 22.4. The number of allylic oxidation sites excluding steroid dienone is 2. The number of ether oxygens (including phenoxy) is 6. The Bertz CT molecular complexity index is 1340. The van der Waals surface area contributed by atoms with Crippen LogP contribution in [0.1, 0.15) is 35.8 Å². The number of benzene rings is 2. The van der Waals surface area contributed by atoms with Gasteiger partial charge in [-0.15, -0.1) is 0 Å². The van der Waals surface area contributed by atoms with Crippen LogP contribution >= 0.6 is 0 Å². The van der Waals surface area contributed by atoms with Crippen molar-refractivity contribution in [3.05, 3.63) is 70.2 Å². The summed E-state index contributed by atoms with van der Waals surface area (Å²) >= 11 is 0. The van der Waals surface area contributed by atoms with Crippen molar-refractivity contribution in [2.24, 2.45) is 0 Å². The first-order valence-corrected chi connectivity index (χ1v) is 12.6. The summed E-state index contributed by atoms with van der Waals surface area (Å²) in [5.41, 5.74) is -0.461. The molecule has 2 aromatic rings. The monoisotopic (exact) mass is 584 g/mol. The van der Waals surface area contributed by atoms with Crippen molar-refractivity contribution in [2.75, 3.05) is 42.7 Å². The average Bonchev–Trinajstić information content (AvgIpc) is 3.01. The lowest BCUT2D eigenvalue weighted by Crippen LogP contribution is -2.31. The van der Waals surface area contributed by atoms with Crippen LogP contribution in [-0.2, 0) is 28.7 Å². The molecule has 224 valence electrons. The summed E-state index contributed by atoms with van der Waals surface area (Å²) in [6, 6.07) is 9.04. The molecule has 0 saturated heterocycles. The molecule has 0 aliphatic heterocycles. The lowest BCUT2D eigenvalue weighted by molar-refractivity contribution is -0.142. The van der Waals surface area contributed by atoms with Crippen molar-refractivity contribution in [1.29, 1.82) is 0 Å². The summed E-state index contributed by atoms with van der Waals surface area (Å²) < 4.78 is 30.7. The van der Waals surface area contributed by atoms with Crippen LogP contribution in [0.2, 0.25) is 0 Å². The van der Waals surface area contributed by atoms with Gasteiger partial charge >= 0.3 is 11.9 Å². The van der Waals surface area contributed by atoms with Crippen molar-refractivity contribution < 1.29 is 57.8 Å². The first-order valence-electron chi connectivity index (χ1n) is 12.6. The molecule has 0 aromatic heterocycles. The molecule has 1 aliphatic rings. The Morgan fingerprint density at radius 2 is 0.929 bits per heavy atom. The SMILES string of the molecule is COC(=O)C[C@H](C1=C(O)C(=O)C([C@H](CC(=O)OC)c2ccc(OC)c(OC)c2)=C(O)C1=O)c1ccc(OC)c(OC)c1. The molecule has 12 nitrogen and oxygen atoms in total. The van der Waals surface area contributed by atoms with Crippen LogP contribution in [-0.4, -0.2) is 76.4 Å². The highest BCUT2D eigenvalue weighted by Gasteiger charge is 2.43. The Morgan fingerprint density at radius 1 is 0.595 bits per heavy atom. The number of esters is 2. The first-order chi connectivity index (χ1) is 20.1. The molecule has 1 aliphatic carbocycles. The molecule has 42 heavy (non-hydrogen) atoms. The summed E-state index contributed by atoms with van der Waals surface area (Å²) in [4.78, 5) is 52.2. The zero-order valence-corrected chi connectivity index (χ0v) is 24.0. The summed E-state index contributed by atoms with van der Waals surface area (Å²) in [7, 11) is 7.92. The molecule has 0 spiro atoms. The van der Waals surface area contributed by atoms with Gasteiger partial charge in [-0.25, -0.2) is 0 Å². The number of carbonyl (C=O) groups excluding carboxylic acids is 4. The molecule has 0 unspecified atom stereocenters. The van der Waals surface area contributed by atoms with Crippen LogP contribution in [0.4, 0.5) is 0 Å². The molecule has 2 aromatic carbocycles. The topological polar surface area (TPSA) is 164 Å². The Kier molecular flexibility index (Phi) is 10.2. The lowest BCUT2D eigenvalue weighted by atomic mass is 9.75. The second kappa shape index (κ2) is 13.6. The van der Waals surface area contributed by atoms with Gasteiger partial charge in [0, 0.05) is 11.8 Å². The van der Waals surface area contributed by atoms with Gasteiger partial charge in [0.1, 0.15) is 0 Å². The van der Waals surface area contributed by atoms with E-state index in [9.17, 15) is 29.4 Å². The van der Waals surface area contributed by atoms with Crippen molar-refractivity contribution >= 4 is 23.5 Å². The number of methoxy groups -OCH3 is 6. The standard InChI is InChI=1S/C30H32O12/c1-37-19-9-7-15(11-21(19)39-3)17(13-23(31)41-5)25-27(33)29(35)26(30(36)28(25)34)18(14-24(32)42-6)16-8-10-20(38-2)22(12-16)40-4/h7-12,17-18,33,36H,13-14H2,1-6H3/t17-,18+. The smallest absolute Gasteiger partial charge is 0.306 e. The molecule has 0 saturated carbocycles. The maximum Gasteiger partial charge on any atom is 0.306 e. The van der Waals surface area contributed by atoms with Gasteiger partial charge in [0.2, 0.25) is 11.6 Å². The molecule has 3 rings (SSSR count). The number of hydrogen-bond donors (Lipinski definition) is 2. The van der Waals surface area contributed by atoms with Gasteiger partial charge in [0.05, 0.1) is 66.6 Å². The molecule has 0 bridgehead atoms. The minimum atomic E-state index is -1.22. The van der Waals surface area contributed by atoms with Gasteiger partial charge < -0.3 is 38.6 Å². The number of ketones is 2. The molecule has 0 radical (unpaired) electrons. The third-order valence-corrected chi connectivity index (χ3v) is 6.94. The first kappa shape index (κ1) is 31.5. The third kappa shape index (κ3) is 6.17. The fourth-order valence-electron chi connectivity index (χ4n) is 4.77. The van der Waals surface area contributed by atoms with Gasteiger partial charge in [-0.3, -0.25) is 19.2 Å². The van der Waals surface area contributed by atoms with Crippen molar-refractivity contribution in [3.8, 4) is 23.0 Å². The van der Waals surface area contributed by atoms with Crippen LogP contribution in [0.25, 0.3) is 0 Å². The largest absolute Gasteiger partial charge is 0.504 e. The maximum atomic E-state index is 13.7. The number of aliphatic hydroxyl groups is 2. The highest BCUT2D eigenvalue weighted by Crippen LogP contribution is 2.43. The normalized spacial score (nSPS) is 14.7. The van der Waals surface area contributed by atoms with Gasteiger partial charge in [-0.1, -0.05) is 12.1 Å². The molecule has 2 atom stereocenters. The van der Waals surface area contributed by atoms with E-state index in [0.717, 1.165) is 14.2 Å². The Morgan fingerprint density at radius 3 is 1.21 bits per heavy atom. The van der Waals surface area contributed by atoms with Crippen LogP contribution in [0.3, 0.4) is 0 Å². The molecule has 0 heterocycles. The van der Waals surface area contributed by atoms with E-state index in [4.69, 9.17) is 28.4 Å². The number of Topliss-reactive ketones (excluding diaryl/α,β-unsaturated/α-hetero) is 2. The number of carbonyl (C=O) groups is 4. The van der Waals surface area contributed by atoms with Gasteiger partial charge in [-0.2, -0.15) is 0 Å². The fraction of sp³-hybridized carbons (Fsp3) is 0.333. The maximum absolute atomic E-state index is 13.7. The molecular weight excluding hydrogens is 552 g/mol. The van der Waals surface area contributed by atoms with Crippen molar-refractivity contribution in [3.63, 3.8) is 0 Å². The van der Waals surface area contributed by atoms with E-state index in [2.05, 4.69) is 0 Å². The minimum Gasteiger partial charge on any atom is -0.504 e. The molecule has 12 heteroatoms. The van der Waals surface area contributed by atoms with Crippen molar-refractivity contribution in [1.82, 2.24) is 0 Å². The zero-order chi connectivity index (χ0) is 31.1. The van der Waals surface area contributed by atoms with Crippen LogP contribution in [0, 0.1) is 0 Å². The van der Waals surface area contributed by atoms with E-state index in [1.54, 1.807) is 0 Å². The van der Waals surface area contributed by atoms with E-state index < -0.39 is 70.8 Å². The van der Waals surface area contributed by atoms with Crippen LogP contribution < -0.4 is 18.9 Å². The number of hydrogen-bond acceptors (Lipinski definition) is 12. The predicted octanol–water partition coefficient (Wildman–Crippen LogP) is 3.49. The molecule has 2 N–H and O–H groups in total.